The molecule has 0 aliphatic heterocycles. The SMILES string of the molecule is CCCCC/C(C)=C/C(=NC)C(C)(C)C. The molecule has 0 saturated heterocycles. The molecule has 0 aromatic carbocycles. The number of nitrogens with zero attached hydrogens (tertiary/aromatic N) is 1. The molecule has 88 valence electrons. The van der Waals surface area contributed by atoms with Crippen LogP contribution >= 0.6 is 0 Å². The minimum Gasteiger partial charge on any atom is -0.293 e. The van der Waals surface area contributed by atoms with Gasteiger partial charge in [0.05, 0.1) is 0 Å². The van der Waals surface area contributed by atoms with E-state index in [0.29, 0.717) is 0 Å². The first-order chi connectivity index (χ1) is 6.91. The molecular weight excluding hydrogens is 182 g/mol. The monoisotopic (exact) mass is 209 g/mol. The fraction of sp³-hybridized carbons (Fsp3) is 0.786. The van der Waals surface area contributed by atoms with Gasteiger partial charge in [0.1, 0.15) is 0 Å². The Bertz CT molecular complexity index is 228. The van der Waals surface area contributed by atoms with Gasteiger partial charge in [0.2, 0.25) is 0 Å². The molecule has 0 fully saturated rings. The van der Waals surface area contributed by atoms with Crippen LogP contribution in [0.2, 0.25) is 0 Å². The second-order valence-electron chi connectivity index (χ2n) is 5.31. The lowest BCUT2D eigenvalue weighted by molar-refractivity contribution is 0.592. The Balaban J connectivity index is 4.32. The van der Waals surface area contributed by atoms with Crippen molar-refractivity contribution in [2.45, 2.75) is 60.3 Å². The lowest BCUT2D eigenvalue weighted by atomic mass is 9.88. The van der Waals surface area contributed by atoms with Crippen molar-refractivity contribution in [3.05, 3.63) is 11.6 Å². The van der Waals surface area contributed by atoms with Crippen LogP contribution in [0.5, 0.6) is 0 Å². The van der Waals surface area contributed by atoms with Crippen LogP contribution in [0.25, 0.3) is 0 Å². The molecule has 0 aliphatic rings. The standard InChI is InChI=1S/C14H27N/c1-7-8-9-10-12(2)11-13(15-6)14(3,4)5/h11H,7-10H2,1-6H3/b12-11+,15-13?. The van der Waals surface area contributed by atoms with Crippen molar-refractivity contribution in [2.24, 2.45) is 10.4 Å². The van der Waals surface area contributed by atoms with E-state index < -0.39 is 0 Å². The Morgan fingerprint density at radius 3 is 2.20 bits per heavy atom. The number of hydrogen-bond acceptors (Lipinski definition) is 1. The van der Waals surface area contributed by atoms with Crippen molar-refractivity contribution >= 4 is 5.71 Å². The quantitative estimate of drug-likeness (QED) is 0.462. The maximum Gasteiger partial charge on any atom is 0.0397 e. The predicted octanol–water partition coefficient (Wildman–Crippen LogP) is 4.63. The van der Waals surface area contributed by atoms with Crippen LogP contribution in [-0.4, -0.2) is 12.8 Å². The summed E-state index contributed by atoms with van der Waals surface area (Å²) >= 11 is 0. The van der Waals surface area contributed by atoms with Crippen molar-refractivity contribution in [2.75, 3.05) is 7.05 Å². The normalized spacial score (nSPS) is 14.5. The van der Waals surface area contributed by atoms with E-state index >= 15 is 0 Å². The molecule has 0 aromatic heterocycles. The Morgan fingerprint density at radius 1 is 1.20 bits per heavy atom. The highest BCUT2D eigenvalue weighted by atomic mass is 14.7. The summed E-state index contributed by atoms with van der Waals surface area (Å²) in [4.78, 5) is 4.37. The average Bonchev–Trinajstić information content (AvgIpc) is 2.12. The first kappa shape index (κ1) is 14.4. The van der Waals surface area contributed by atoms with Gasteiger partial charge in [-0.1, -0.05) is 46.1 Å². The highest BCUT2D eigenvalue weighted by molar-refractivity contribution is 5.99. The maximum absolute atomic E-state index is 4.37. The lowest BCUT2D eigenvalue weighted by Gasteiger charge is -2.19. The van der Waals surface area contributed by atoms with Crippen molar-refractivity contribution in [3.63, 3.8) is 0 Å². The summed E-state index contributed by atoms with van der Waals surface area (Å²) < 4.78 is 0. The molecule has 0 N–H and O–H groups in total. The Hall–Kier alpha value is -0.590. The molecule has 0 unspecified atom stereocenters. The van der Waals surface area contributed by atoms with Crippen molar-refractivity contribution in [1.82, 2.24) is 0 Å². The van der Waals surface area contributed by atoms with Crippen molar-refractivity contribution in [1.29, 1.82) is 0 Å². The first-order valence-electron chi connectivity index (χ1n) is 6.06. The highest BCUT2D eigenvalue weighted by Crippen LogP contribution is 2.19. The second kappa shape index (κ2) is 6.81. The number of aliphatic imine (C=N–C) groups is 1. The molecule has 0 rings (SSSR count). The molecule has 0 aliphatic carbocycles. The molecule has 0 spiro atoms. The smallest absolute Gasteiger partial charge is 0.0397 e. The van der Waals surface area contributed by atoms with Crippen molar-refractivity contribution < 1.29 is 0 Å². The first-order valence-corrected chi connectivity index (χ1v) is 6.06. The molecule has 0 heterocycles. The fourth-order valence-corrected chi connectivity index (χ4v) is 1.58. The number of allylic oxidation sites excluding steroid dienone is 2. The van der Waals surface area contributed by atoms with Gasteiger partial charge in [-0.25, -0.2) is 0 Å². The van der Waals surface area contributed by atoms with Gasteiger partial charge >= 0.3 is 0 Å². The highest BCUT2D eigenvalue weighted by Gasteiger charge is 2.15. The van der Waals surface area contributed by atoms with E-state index in [1.54, 1.807) is 0 Å². The molecule has 0 saturated carbocycles. The minimum atomic E-state index is 0.167. The Kier molecular flexibility index (Phi) is 6.55. The van der Waals surface area contributed by atoms with Gasteiger partial charge in [-0.2, -0.15) is 0 Å². The molecule has 1 nitrogen and oxygen atoms in total. The molecular formula is C14H27N. The zero-order valence-electron chi connectivity index (χ0n) is 11.4. The summed E-state index contributed by atoms with van der Waals surface area (Å²) in [6, 6.07) is 0. The van der Waals surface area contributed by atoms with Crippen molar-refractivity contribution in [3.8, 4) is 0 Å². The van der Waals surface area contributed by atoms with Crippen LogP contribution in [0.4, 0.5) is 0 Å². The Labute approximate surface area is 95.7 Å². The third kappa shape index (κ3) is 6.48. The fourth-order valence-electron chi connectivity index (χ4n) is 1.58. The zero-order valence-corrected chi connectivity index (χ0v) is 11.4. The summed E-state index contributed by atoms with van der Waals surface area (Å²) in [6.07, 6.45) is 7.40. The van der Waals surface area contributed by atoms with Crippen LogP contribution in [0.15, 0.2) is 16.6 Å². The zero-order chi connectivity index (χ0) is 11.9. The van der Waals surface area contributed by atoms with Crippen LogP contribution in [0, 0.1) is 5.41 Å². The molecule has 0 radical (unpaired) electrons. The number of rotatable bonds is 5. The third-order valence-corrected chi connectivity index (χ3v) is 2.57. The van der Waals surface area contributed by atoms with E-state index in [2.05, 4.69) is 45.7 Å². The van der Waals surface area contributed by atoms with Crippen LogP contribution < -0.4 is 0 Å². The van der Waals surface area contributed by atoms with Gasteiger partial charge in [-0.3, -0.25) is 4.99 Å². The van der Waals surface area contributed by atoms with E-state index in [1.807, 2.05) is 7.05 Å². The van der Waals surface area contributed by atoms with Gasteiger partial charge in [0.25, 0.3) is 0 Å². The summed E-state index contributed by atoms with van der Waals surface area (Å²) in [6.45, 7) is 11.1. The minimum absolute atomic E-state index is 0.167. The predicted molar refractivity (Wildman–Crippen MR) is 70.7 cm³/mol. The molecule has 0 atom stereocenters. The van der Waals surface area contributed by atoms with Gasteiger partial charge in [-0.05, 0) is 25.8 Å². The molecule has 0 amide bonds. The summed E-state index contributed by atoms with van der Waals surface area (Å²) in [5.41, 5.74) is 2.83. The number of unbranched alkanes of at least 4 members (excludes halogenated alkanes) is 2. The van der Waals surface area contributed by atoms with Gasteiger partial charge in [0.15, 0.2) is 0 Å². The average molecular weight is 209 g/mol. The van der Waals surface area contributed by atoms with E-state index in [1.165, 1.54) is 37.0 Å². The third-order valence-electron chi connectivity index (χ3n) is 2.57. The van der Waals surface area contributed by atoms with E-state index in [-0.39, 0.29) is 5.41 Å². The number of hydrogen-bond donors (Lipinski definition) is 0. The lowest BCUT2D eigenvalue weighted by Crippen LogP contribution is -2.18. The van der Waals surface area contributed by atoms with Gasteiger partial charge < -0.3 is 0 Å². The van der Waals surface area contributed by atoms with Gasteiger partial charge in [0, 0.05) is 18.2 Å². The summed E-state index contributed by atoms with van der Waals surface area (Å²) in [5, 5.41) is 0. The maximum atomic E-state index is 4.37. The molecule has 0 aromatic rings. The van der Waals surface area contributed by atoms with E-state index in [0.717, 1.165) is 0 Å². The molecule has 15 heavy (non-hydrogen) atoms. The van der Waals surface area contributed by atoms with E-state index in [4.69, 9.17) is 0 Å². The molecule has 0 bridgehead atoms. The Morgan fingerprint density at radius 2 is 1.80 bits per heavy atom. The van der Waals surface area contributed by atoms with Crippen LogP contribution in [-0.2, 0) is 0 Å². The van der Waals surface area contributed by atoms with Crippen LogP contribution in [0.1, 0.15) is 60.3 Å². The van der Waals surface area contributed by atoms with E-state index in [9.17, 15) is 0 Å². The van der Waals surface area contributed by atoms with Crippen LogP contribution in [0.3, 0.4) is 0 Å². The van der Waals surface area contributed by atoms with Gasteiger partial charge in [-0.15, -0.1) is 0 Å². The summed E-state index contributed by atoms with van der Waals surface area (Å²) in [7, 11) is 1.89. The second-order valence-corrected chi connectivity index (χ2v) is 5.31. The largest absolute Gasteiger partial charge is 0.293 e. The summed E-state index contributed by atoms with van der Waals surface area (Å²) in [5.74, 6) is 0. The molecule has 1 heteroatoms. The topological polar surface area (TPSA) is 12.4 Å².